The standard InChI is InChI=1S/C23H26N2O2/c1-25-16-10-11-17(25)13-15(12-16)24-23(26)27-14-22-20-8-4-2-6-18(20)19-7-3-5-9-21(19)22/h2-9,15-17,22H,10-14H2,1H3,(H,24,26). The Balaban J connectivity index is 1.25. The molecule has 140 valence electrons. The van der Waals surface area contributed by atoms with Crippen LogP contribution in [0.25, 0.3) is 11.1 Å². The molecule has 0 aromatic heterocycles. The van der Waals surface area contributed by atoms with Gasteiger partial charge in [0, 0.05) is 24.0 Å². The number of benzene rings is 2. The number of amides is 1. The van der Waals surface area contributed by atoms with Crippen LogP contribution in [0.1, 0.15) is 42.7 Å². The first-order chi connectivity index (χ1) is 13.2. The van der Waals surface area contributed by atoms with Crippen molar-refractivity contribution in [2.75, 3.05) is 13.7 Å². The molecule has 4 heteroatoms. The summed E-state index contributed by atoms with van der Waals surface area (Å²) in [6.07, 6.45) is 4.31. The van der Waals surface area contributed by atoms with Gasteiger partial charge >= 0.3 is 6.09 Å². The van der Waals surface area contributed by atoms with Crippen LogP contribution in [0.2, 0.25) is 0 Å². The van der Waals surface area contributed by atoms with Crippen molar-refractivity contribution < 1.29 is 9.53 Å². The highest BCUT2D eigenvalue weighted by Gasteiger charge is 2.39. The summed E-state index contributed by atoms with van der Waals surface area (Å²) in [5, 5.41) is 3.12. The fraction of sp³-hybridized carbons (Fsp3) is 0.435. The maximum absolute atomic E-state index is 12.5. The van der Waals surface area contributed by atoms with Crippen molar-refractivity contribution in [3.05, 3.63) is 59.7 Å². The van der Waals surface area contributed by atoms with Crippen molar-refractivity contribution in [3.8, 4) is 11.1 Å². The maximum Gasteiger partial charge on any atom is 0.407 e. The number of piperidine rings is 1. The zero-order chi connectivity index (χ0) is 18.4. The van der Waals surface area contributed by atoms with E-state index in [0.717, 1.165) is 12.8 Å². The maximum atomic E-state index is 12.5. The first-order valence-electron chi connectivity index (χ1n) is 10.0. The van der Waals surface area contributed by atoms with Gasteiger partial charge in [-0.15, -0.1) is 0 Å². The molecule has 2 fully saturated rings. The Morgan fingerprint density at radius 1 is 1.00 bits per heavy atom. The zero-order valence-electron chi connectivity index (χ0n) is 15.7. The van der Waals surface area contributed by atoms with Crippen LogP contribution < -0.4 is 5.32 Å². The van der Waals surface area contributed by atoms with Crippen molar-refractivity contribution in [1.82, 2.24) is 10.2 Å². The number of hydrogen-bond donors (Lipinski definition) is 1. The molecule has 2 heterocycles. The van der Waals surface area contributed by atoms with E-state index in [0.29, 0.717) is 18.7 Å². The van der Waals surface area contributed by atoms with Crippen LogP contribution in [0.3, 0.4) is 0 Å². The van der Waals surface area contributed by atoms with Gasteiger partial charge in [0.05, 0.1) is 0 Å². The molecule has 27 heavy (non-hydrogen) atoms. The average molecular weight is 362 g/mol. The number of carbonyl (C=O) groups is 1. The molecule has 2 unspecified atom stereocenters. The molecule has 2 aliphatic heterocycles. The number of nitrogens with one attached hydrogen (secondary N) is 1. The Labute approximate surface area is 160 Å². The predicted molar refractivity (Wildman–Crippen MR) is 106 cm³/mol. The monoisotopic (exact) mass is 362 g/mol. The Kier molecular flexibility index (Phi) is 4.16. The summed E-state index contributed by atoms with van der Waals surface area (Å²) in [7, 11) is 2.21. The molecule has 2 aromatic rings. The van der Waals surface area contributed by atoms with Gasteiger partial charge in [-0.1, -0.05) is 48.5 Å². The van der Waals surface area contributed by atoms with Gasteiger partial charge in [-0.05, 0) is 55.0 Å². The highest BCUT2D eigenvalue weighted by atomic mass is 16.5. The van der Waals surface area contributed by atoms with E-state index in [2.05, 4.69) is 65.8 Å². The quantitative estimate of drug-likeness (QED) is 0.892. The molecule has 1 amide bonds. The van der Waals surface area contributed by atoms with E-state index in [4.69, 9.17) is 4.74 Å². The lowest BCUT2D eigenvalue weighted by molar-refractivity contribution is 0.117. The number of fused-ring (bicyclic) bond motifs is 5. The molecule has 0 radical (unpaired) electrons. The van der Waals surface area contributed by atoms with Gasteiger partial charge in [0.15, 0.2) is 0 Å². The van der Waals surface area contributed by atoms with E-state index in [-0.39, 0.29) is 18.1 Å². The van der Waals surface area contributed by atoms with E-state index in [1.54, 1.807) is 0 Å². The van der Waals surface area contributed by atoms with Crippen LogP contribution in [-0.4, -0.2) is 42.8 Å². The SMILES string of the molecule is CN1C2CCC1CC(NC(=O)OCC1c3ccccc3-c3ccccc31)C2. The second kappa shape index (κ2) is 6.68. The highest BCUT2D eigenvalue weighted by Crippen LogP contribution is 2.44. The average Bonchev–Trinajstić information content (AvgIpc) is 3.09. The fourth-order valence-corrected chi connectivity index (χ4v) is 5.34. The minimum absolute atomic E-state index is 0.122. The van der Waals surface area contributed by atoms with Crippen molar-refractivity contribution >= 4 is 6.09 Å². The molecule has 1 aliphatic carbocycles. The Morgan fingerprint density at radius 3 is 2.15 bits per heavy atom. The van der Waals surface area contributed by atoms with E-state index < -0.39 is 0 Å². The normalized spacial score (nSPS) is 26.5. The third-order valence-electron chi connectivity index (χ3n) is 6.76. The van der Waals surface area contributed by atoms with Crippen molar-refractivity contribution in [1.29, 1.82) is 0 Å². The van der Waals surface area contributed by atoms with Crippen molar-refractivity contribution in [2.24, 2.45) is 0 Å². The largest absolute Gasteiger partial charge is 0.449 e. The second-order valence-electron chi connectivity index (χ2n) is 8.19. The summed E-state index contributed by atoms with van der Waals surface area (Å²) >= 11 is 0. The number of hydrogen-bond acceptors (Lipinski definition) is 3. The molecule has 0 spiro atoms. The molecule has 5 rings (SSSR count). The topological polar surface area (TPSA) is 41.6 Å². The minimum Gasteiger partial charge on any atom is -0.449 e. The molecule has 2 bridgehead atoms. The summed E-state index contributed by atoms with van der Waals surface area (Å²) in [6, 6.07) is 18.3. The van der Waals surface area contributed by atoms with Crippen LogP contribution >= 0.6 is 0 Å². The Morgan fingerprint density at radius 2 is 1.56 bits per heavy atom. The third-order valence-corrected chi connectivity index (χ3v) is 6.76. The smallest absolute Gasteiger partial charge is 0.407 e. The number of rotatable bonds is 3. The lowest BCUT2D eigenvalue weighted by Crippen LogP contribution is -2.48. The fourth-order valence-electron chi connectivity index (χ4n) is 5.34. The van der Waals surface area contributed by atoms with E-state index in [1.165, 1.54) is 35.1 Å². The van der Waals surface area contributed by atoms with Crippen LogP contribution in [0.4, 0.5) is 4.79 Å². The molecule has 4 nitrogen and oxygen atoms in total. The summed E-state index contributed by atoms with van der Waals surface area (Å²) in [5.74, 6) is 0.122. The van der Waals surface area contributed by atoms with Gasteiger partial charge in [0.2, 0.25) is 0 Å². The van der Waals surface area contributed by atoms with Crippen LogP contribution in [0.5, 0.6) is 0 Å². The van der Waals surface area contributed by atoms with Gasteiger partial charge in [0.25, 0.3) is 0 Å². The molecule has 0 saturated carbocycles. The molecular formula is C23H26N2O2. The lowest BCUT2D eigenvalue weighted by atomic mass is 9.98. The molecule has 2 saturated heterocycles. The number of ether oxygens (including phenoxy) is 1. The molecular weight excluding hydrogens is 336 g/mol. The first-order valence-corrected chi connectivity index (χ1v) is 10.0. The summed E-state index contributed by atoms with van der Waals surface area (Å²) in [6.45, 7) is 0.388. The minimum atomic E-state index is -0.272. The van der Waals surface area contributed by atoms with Crippen LogP contribution in [0.15, 0.2) is 48.5 Å². The summed E-state index contributed by atoms with van der Waals surface area (Å²) < 4.78 is 5.70. The third kappa shape index (κ3) is 2.92. The van der Waals surface area contributed by atoms with Gasteiger partial charge in [-0.25, -0.2) is 4.79 Å². The highest BCUT2D eigenvalue weighted by molar-refractivity contribution is 5.79. The van der Waals surface area contributed by atoms with Crippen molar-refractivity contribution in [3.63, 3.8) is 0 Å². The van der Waals surface area contributed by atoms with Gasteiger partial charge < -0.3 is 15.0 Å². The lowest BCUT2D eigenvalue weighted by Gasteiger charge is -2.36. The van der Waals surface area contributed by atoms with Gasteiger partial charge in [-0.2, -0.15) is 0 Å². The molecule has 2 atom stereocenters. The zero-order valence-corrected chi connectivity index (χ0v) is 15.7. The van der Waals surface area contributed by atoms with Crippen LogP contribution in [0, 0.1) is 0 Å². The molecule has 1 N–H and O–H groups in total. The first kappa shape index (κ1) is 16.8. The number of nitrogens with zero attached hydrogens (tertiary/aromatic N) is 1. The van der Waals surface area contributed by atoms with E-state index in [1.807, 2.05) is 0 Å². The predicted octanol–water partition coefficient (Wildman–Crippen LogP) is 4.15. The second-order valence-corrected chi connectivity index (χ2v) is 8.19. The molecule has 2 aromatic carbocycles. The van der Waals surface area contributed by atoms with Crippen LogP contribution in [-0.2, 0) is 4.74 Å². The van der Waals surface area contributed by atoms with Gasteiger partial charge in [-0.3, -0.25) is 0 Å². The molecule has 3 aliphatic rings. The van der Waals surface area contributed by atoms with Crippen molar-refractivity contribution in [2.45, 2.75) is 49.7 Å². The summed E-state index contributed by atoms with van der Waals surface area (Å²) in [4.78, 5) is 14.9. The Hall–Kier alpha value is -2.33. The summed E-state index contributed by atoms with van der Waals surface area (Å²) in [5.41, 5.74) is 5.02. The Bertz CT molecular complexity index is 805. The van der Waals surface area contributed by atoms with Gasteiger partial charge in [0.1, 0.15) is 6.61 Å². The number of alkyl carbamates (subject to hydrolysis) is 1. The van der Waals surface area contributed by atoms with E-state index in [9.17, 15) is 4.79 Å². The van der Waals surface area contributed by atoms with E-state index >= 15 is 0 Å². The number of carbonyl (C=O) groups excluding carboxylic acids is 1.